The Kier molecular flexibility index (Phi) is 4.72. The summed E-state index contributed by atoms with van der Waals surface area (Å²) in [4.78, 5) is 27.0. The van der Waals surface area contributed by atoms with Crippen molar-refractivity contribution in [2.24, 2.45) is 5.73 Å². The second-order valence-electron chi connectivity index (χ2n) is 5.72. The van der Waals surface area contributed by atoms with Gasteiger partial charge in [0.2, 0.25) is 5.91 Å². The number of aromatic nitrogens is 1. The maximum Gasteiger partial charge on any atom is 0.272 e. The highest BCUT2D eigenvalue weighted by Gasteiger charge is 2.15. The molecule has 0 unspecified atom stereocenters. The summed E-state index contributed by atoms with van der Waals surface area (Å²) in [5, 5.41) is 3.48. The van der Waals surface area contributed by atoms with Crippen molar-refractivity contribution in [1.29, 1.82) is 0 Å². The number of nitrogens with two attached hydrogens (primary N) is 1. The molecule has 3 rings (SSSR count). The smallest absolute Gasteiger partial charge is 0.272 e. The minimum atomic E-state index is -0.670. The number of anilines is 1. The molecule has 3 aromatic rings. The summed E-state index contributed by atoms with van der Waals surface area (Å²) in [6.45, 7) is 0. The molecule has 4 N–H and O–H groups in total. The van der Waals surface area contributed by atoms with Gasteiger partial charge in [-0.3, -0.25) is 9.59 Å². The van der Waals surface area contributed by atoms with Gasteiger partial charge in [0, 0.05) is 10.9 Å². The van der Waals surface area contributed by atoms with Gasteiger partial charge >= 0.3 is 0 Å². The van der Waals surface area contributed by atoms with Crippen LogP contribution in [0.15, 0.2) is 65.5 Å². The number of hydrogen-bond donors (Lipinski definition) is 3. The van der Waals surface area contributed by atoms with E-state index in [1.807, 2.05) is 54.6 Å². The average Bonchev–Trinajstić information content (AvgIpc) is 2.61. The summed E-state index contributed by atoms with van der Waals surface area (Å²) in [5.74, 6) is -0.355. The summed E-state index contributed by atoms with van der Waals surface area (Å²) < 4.78 is 0. The minimum Gasteiger partial charge on any atom is -0.320 e. The maximum atomic E-state index is 12.2. The monoisotopic (exact) mass is 321 g/mol. The Labute approximate surface area is 139 Å². The molecule has 0 saturated carbocycles. The Balaban J connectivity index is 1.67. The molecular formula is C19H19N3O2. The van der Waals surface area contributed by atoms with Crippen molar-refractivity contribution >= 4 is 22.5 Å². The lowest BCUT2D eigenvalue weighted by Gasteiger charge is -2.12. The Morgan fingerprint density at radius 1 is 1.08 bits per heavy atom. The van der Waals surface area contributed by atoms with Crippen LogP contribution in [0.1, 0.15) is 12.0 Å². The number of para-hydroxylation sites is 1. The van der Waals surface area contributed by atoms with Gasteiger partial charge in [0.15, 0.2) is 0 Å². The van der Waals surface area contributed by atoms with Gasteiger partial charge < -0.3 is 16.0 Å². The number of aromatic amines is 1. The predicted molar refractivity (Wildman–Crippen MR) is 95.9 cm³/mol. The normalized spacial score (nSPS) is 12.0. The maximum absolute atomic E-state index is 12.2. The van der Waals surface area contributed by atoms with E-state index < -0.39 is 6.04 Å². The van der Waals surface area contributed by atoms with E-state index in [0.29, 0.717) is 12.8 Å². The number of carbonyl (C=O) groups is 1. The zero-order valence-corrected chi connectivity index (χ0v) is 13.2. The standard InChI is InChI=1S/C19H19N3O2/c20-15(11-10-13-6-2-1-3-7-13)18(23)22-17-12-14-8-4-5-9-16(14)21-19(17)24/h1-9,12,15H,10-11,20H2,(H,21,24)(H,22,23)/t15-/m1/s1. The first-order chi connectivity index (χ1) is 11.6. The molecule has 0 bridgehead atoms. The predicted octanol–water partition coefficient (Wildman–Crippen LogP) is 2.43. The van der Waals surface area contributed by atoms with E-state index in [2.05, 4.69) is 10.3 Å². The van der Waals surface area contributed by atoms with E-state index >= 15 is 0 Å². The van der Waals surface area contributed by atoms with E-state index in [9.17, 15) is 9.59 Å². The Bertz CT molecular complexity index is 903. The molecule has 0 aliphatic rings. The number of amides is 1. The van der Waals surface area contributed by atoms with Crippen LogP contribution in [0.4, 0.5) is 5.69 Å². The number of nitrogens with one attached hydrogen (secondary N) is 2. The van der Waals surface area contributed by atoms with Crippen LogP contribution in [0.3, 0.4) is 0 Å². The van der Waals surface area contributed by atoms with E-state index in [-0.39, 0.29) is 17.2 Å². The second-order valence-corrected chi connectivity index (χ2v) is 5.72. The molecule has 5 heteroatoms. The molecule has 5 nitrogen and oxygen atoms in total. The van der Waals surface area contributed by atoms with Gasteiger partial charge in [-0.15, -0.1) is 0 Å². The average molecular weight is 321 g/mol. The first-order valence-corrected chi connectivity index (χ1v) is 7.86. The fourth-order valence-electron chi connectivity index (χ4n) is 2.56. The van der Waals surface area contributed by atoms with E-state index in [1.54, 1.807) is 6.07 Å². The summed E-state index contributed by atoms with van der Waals surface area (Å²) in [6, 6.07) is 18.2. The third-order valence-corrected chi connectivity index (χ3v) is 3.93. The van der Waals surface area contributed by atoms with Crippen LogP contribution in [0, 0.1) is 0 Å². The highest BCUT2D eigenvalue weighted by Crippen LogP contribution is 2.13. The zero-order chi connectivity index (χ0) is 16.9. The van der Waals surface area contributed by atoms with Crippen molar-refractivity contribution < 1.29 is 4.79 Å². The van der Waals surface area contributed by atoms with Gasteiger partial charge in [-0.25, -0.2) is 0 Å². The highest BCUT2D eigenvalue weighted by molar-refractivity contribution is 5.96. The number of hydrogen-bond acceptors (Lipinski definition) is 3. The molecule has 1 aromatic heterocycles. The molecule has 0 aliphatic heterocycles. The van der Waals surface area contributed by atoms with Crippen LogP contribution in [0.5, 0.6) is 0 Å². The van der Waals surface area contributed by atoms with Crippen molar-refractivity contribution in [1.82, 2.24) is 4.98 Å². The first kappa shape index (κ1) is 16.0. The number of H-pyrrole nitrogens is 1. The fourth-order valence-corrected chi connectivity index (χ4v) is 2.56. The number of pyridine rings is 1. The van der Waals surface area contributed by atoms with Crippen molar-refractivity contribution in [2.45, 2.75) is 18.9 Å². The highest BCUT2D eigenvalue weighted by atomic mass is 16.2. The number of benzene rings is 2. The minimum absolute atomic E-state index is 0.217. The summed E-state index contributed by atoms with van der Waals surface area (Å²) in [5.41, 5.74) is 7.69. The van der Waals surface area contributed by atoms with E-state index in [0.717, 1.165) is 16.5 Å². The van der Waals surface area contributed by atoms with Crippen molar-refractivity contribution in [3.63, 3.8) is 0 Å². The van der Waals surface area contributed by atoms with Crippen molar-refractivity contribution in [3.8, 4) is 0 Å². The lowest BCUT2D eigenvalue weighted by molar-refractivity contribution is -0.117. The van der Waals surface area contributed by atoms with Crippen LogP contribution < -0.4 is 16.6 Å². The molecule has 0 fully saturated rings. The van der Waals surface area contributed by atoms with Gasteiger partial charge in [-0.1, -0.05) is 48.5 Å². The molecule has 24 heavy (non-hydrogen) atoms. The second kappa shape index (κ2) is 7.10. The van der Waals surface area contributed by atoms with Crippen LogP contribution in [0.2, 0.25) is 0 Å². The van der Waals surface area contributed by atoms with Gasteiger partial charge in [0.05, 0.1) is 6.04 Å². The third-order valence-electron chi connectivity index (χ3n) is 3.93. The van der Waals surface area contributed by atoms with Gasteiger partial charge in [-0.05, 0) is 30.5 Å². The van der Waals surface area contributed by atoms with Gasteiger partial charge in [0.25, 0.3) is 5.56 Å². The topological polar surface area (TPSA) is 88.0 Å². The van der Waals surface area contributed by atoms with Crippen LogP contribution >= 0.6 is 0 Å². The lowest BCUT2D eigenvalue weighted by Crippen LogP contribution is -2.37. The molecule has 122 valence electrons. The SMILES string of the molecule is N[C@H](CCc1ccccc1)C(=O)Nc1cc2ccccc2[nH]c1=O. The zero-order valence-electron chi connectivity index (χ0n) is 13.2. The summed E-state index contributed by atoms with van der Waals surface area (Å²) in [7, 11) is 0. The molecule has 1 amide bonds. The van der Waals surface area contributed by atoms with Crippen LogP contribution in [-0.2, 0) is 11.2 Å². The summed E-state index contributed by atoms with van der Waals surface area (Å²) >= 11 is 0. The quantitative estimate of drug-likeness (QED) is 0.674. The molecule has 0 saturated heterocycles. The van der Waals surface area contributed by atoms with Crippen molar-refractivity contribution in [3.05, 3.63) is 76.6 Å². The Hall–Kier alpha value is -2.92. The molecule has 0 radical (unpaired) electrons. The fraction of sp³-hybridized carbons (Fsp3) is 0.158. The van der Waals surface area contributed by atoms with Crippen LogP contribution in [0.25, 0.3) is 10.9 Å². The van der Waals surface area contributed by atoms with Crippen molar-refractivity contribution in [2.75, 3.05) is 5.32 Å². The number of carbonyl (C=O) groups excluding carboxylic acids is 1. The largest absolute Gasteiger partial charge is 0.320 e. The lowest BCUT2D eigenvalue weighted by atomic mass is 10.1. The van der Waals surface area contributed by atoms with Gasteiger partial charge in [-0.2, -0.15) is 0 Å². The Morgan fingerprint density at radius 3 is 2.58 bits per heavy atom. The first-order valence-electron chi connectivity index (χ1n) is 7.86. The van der Waals surface area contributed by atoms with E-state index in [4.69, 9.17) is 5.73 Å². The van der Waals surface area contributed by atoms with E-state index in [1.165, 1.54) is 0 Å². The van der Waals surface area contributed by atoms with Gasteiger partial charge in [0.1, 0.15) is 5.69 Å². The summed E-state index contributed by atoms with van der Waals surface area (Å²) in [6.07, 6.45) is 1.23. The number of fused-ring (bicyclic) bond motifs is 1. The molecule has 1 atom stereocenters. The molecular weight excluding hydrogens is 302 g/mol. The molecule has 0 spiro atoms. The third kappa shape index (κ3) is 3.70. The molecule has 2 aromatic carbocycles. The number of rotatable bonds is 5. The number of aryl methyl sites for hydroxylation is 1. The Morgan fingerprint density at radius 2 is 1.79 bits per heavy atom. The molecule has 1 heterocycles. The van der Waals surface area contributed by atoms with Crippen LogP contribution in [-0.4, -0.2) is 16.9 Å². The molecule has 0 aliphatic carbocycles.